The predicted molar refractivity (Wildman–Crippen MR) is 127 cm³/mol. The standard InChI is InChI=1S/C26H38O5S.K/c1-2-3-4-5-6-7-8-9-10-11-12-13-14-22-15-20-25(32(28,29)30)21-26(22)31-24-18-16-23(27)17-19-24;/h15-21,27H,2-14H2,1H3,(H,28,29,30);/q;+1/p-1. The van der Waals surface area contributed by atoms with Gasteiger partial charge < -0.3 is 9.84 Å². The molecule has 0 spiro atoms. The van der Waals surface area contributed by atoms with Gasteiger partial charge in [0.05, 0.1) is 4.90 Å². The summed E-state index contributed by atoms with van der Waals surface area (Å²) in [6, 6.07) is 10.3. The third-order valence-electron chi connectivity index (χ3n) is 5.69. The number of aryl methyl sites for hydroxylation is 1. The topological polar surface area (TPSA) is 86.7 Å². The predicted octanol–water partition coefficient (Wildman–Crippen LogP) is 4.05. The molecule has 0 heterocycles. The molecule has 2 aromatic rings. The zero-order chi connectivity index (χ0) is 23.2. The second-order valence-corrected chi connectivity index (χ2v) is 9.88. The van der Waals surface area contributed by atoms with E-state index in [1.807, 2.05) is 0 Å². The molecule has 0 aliphatic carbocycles. The summed E-state index contributed by atoms with van der Waals surface area (Å²) in [7, 11) is -4.32. The number of benzene rings is 2. The minimum atomic E-state index is -4.32. The summed E-state index contributed by atoms with van der Waals surface area (Å²) >= 11 is 0. The van der Waals surface area contributed by atoms with Crippen LogP contribution in [0.3, 0.4) is 0 Å². The average molecular weight is 501 g/mol. The van der Waals surface area contributed by atoms with Gasteiger partial charge in [-0.3, -0.25) is 4.55 Å². The molecule has 1 N–H and O–H groups in total. The maximum Gasteiger partial charge on any atom is 1.00 e. The maximum atomic E-state index is 11.5. The molecule has 2 rings (SSSR count). The van der Waals surface area contributed by atoms with Crippen LogP contribution in [0.1, 0.15) is 89.5 Å². The van der Waals surface area contributed by atoms with E-state index in [0.717, 1.165) is 24.8 Å². The van der Waals surface area contributed by atoms with Gasteiger partial charge in [-0.25, -0.2) is 0 Å². The zero-order valence-corrected chi connectivity index (χ0v) is 24.2. The van der Waals surface area contributed by atoms with E-state index in [9.17, 15) is 18.1 Å². The first-order chi connectivity index (χ1) is 15.4. The third-order valence-corrected chi connectivity index (χ3v) is 6.54. The summed E-state index contributed by atoms with van der Waals surface area (Å²) in [6.45, 7) is 2.25. The second kappa shape index (κ2) is 17.1. The molecule has 7 heteroatoms. The van der Waals surface area contributed by atoms with Crippen LogP contribution in [-0.2, 0) is 16.5 Å². The Balaban J connectivity index is 0.00000544. The Labute approximate surface area is 242 Å². The van der Waals surface area contributed by atoms with Gasteiger partial charge in [0.25, 0.3) is 10.1 Å². The first-order valence-corrected chi connectivity index (χ1v) is 13.4. The van der Waals surface area contributed by atoms with Crippen LogP contribution >= 0.6 is 0 Å². The Morgan fingerprint density at radius 1 is 0.788 bits per heavy atom. The van der Waals surface area contributed by atoms with E-state index >= 15 is 0 Å². The van der Waals surface area contributed by atoms with Crippen molar-refractivity contribution in [1.29, 1.82) is 0 Å². The number of ether oxygens (including phenoxy) is 1. The van der Waals surface area contributed by atoms with Crippen molar-refractivity contribution in [2.45, 2.75) is 95.3 Å². The minimum absolute atomic E-state index is 0. The van der Waals surface area contributed by atoms with Gasteiger partial charge in [0, 0.05) is 6.07 Å². The van der Waals surface area contributed by atoms with Crippen LogP contribution in [0.15, 0.2) is 47.4 Å². The van der Waals surface area contributed by atoms with E-state index in [4.69, 9.17) is 4.74 Å². The van der Waals surface area contributed by atoms with Crippen LogP contribution in [0.2, 0.25) is 0 Å². The summed E-state index contributed by atoms with van der Waals surface area (Å²) in [4.78, 5) is -0.202. The molecular formula is C26H37KO5S. The van der Waals surface area contributed by atoms with Gasteiger partial charge in [-0.2, -0.15) is 8.42 Å². The van der Waals surface area contributed by atoms with Crippen LogP contribution in [0.25, 0.3) is 0 Å². The fraction of sp³-hybridized carbons (Fsp3) is 0.538. The quantitative estimate of drug-likeness (QED) is 0.213. The second-order valence-electron chi connectivity index (χ2n) is 8.46. The van der Waals surface area contributed by atoms with Crippen molar-refractivity contribution in [3.63, 3.8) is 0 Å². The smallest absolute Gasteiger partial charge is 0.872 e. The molecule has 5 nitrogen and oxygen atoms in total. The fourth-order valence-electron chi connectivity index (χ4n) is 3.79. The molecule has 0 atom stereocenters. The van der Waals surface area contributed by atoms with Crippen molar-refractivity contribution in [3.05, 3.63) is 48.0 Å². The van der Waals surface area contributed by atoms with Gasteiger partial charge in [0.1, 0.15) is 11.5 Å². The Morgan fingerprint density at radius 2 is 1.30 bits per heavy atom. The van der Waals surface area contributed by atoms with Gasteiger partial charge in [0.15, 0.2) is 0 Å². The molecule has 0 unspecified atom stereocenters. The Hall–Kier alpha value is -0.414. The van der Waals surface area contributed by atoms with Crippen LogP contribution in [-0.4, -0.2) is 13.0 Å². The number of hydrogen-bond donors (Lipinski definition) is 1. The normalized spacial score (nSPS) is 11.2. The Morgan fingerprint density at radius 3 is 1.82 bits per heavy atom. The molecule has 0 aliphatic heterocycles. The monoisotopic (exact) mass is 500 g/mol. The molecule has 0 saturated heterocycles. The number of unbranched alkanes of at least 4 members (excludes halogenated alkanes) is 11. The summed E-state index contributed by atoms with van der Waals surface area (Å²) in [5.74, 6) is 0.718. The van der Waals surface area contributed by atoms with E-state index in [-0.39, 0.29) is 62.0 Å². The van der Waals surface area contributed by atoms with Crippen LogP contribution in [0.4, 0.5) is 0 Å². The maximum absolute atomic E-state index is 11.5. The molecule has 0 amide bonds. The molecule has 0 aromatic heterocycles. The van der Waals surface area contributed by atoms with Crippen molar-refractivity contribution in [1.82, 2.24) is 0 Å². The van der Waals surface area contributed by atoms with Crippen LogP contribution in [0, 0.1) is 0 Å². The van der Waals surface area contributed by atoms with Gasteiger partial charge in [-0.15, -0.1) is 5.75 Å². The summed E-state index contributed by atoms with van der Waals surface area (Å²) in [5.41, 5.74) is 0.885. The van der Waals surface area contributed by atoms with Crippen molar-refractivity contribution in [2.24, 2.45) is 0 Å². The summed E-state index contributed by atoms with van der Waals surface area (Å²) in [5, 5.41) is 11.3. The Bertz CT molecular complexity index is 897. The molecule has 178 valence electrons. The first kappa shape index (κ1) is 30.6. The third kappa shape index (κ3) is 12.7. The van der Waals surface area contributed by atoms with E-state index in [1.165, 1.54) is 88.5 Å². The summed E-state index contributed by atoms with van der Waals surface area (Å²) < 4.78 is 38.3. The fourth-order valence-corrected chi connectivity index (χ4v) is 4.28. The average Bonchev–Trinajstić information content (AvgIpc) is 2.76. The van der Waals surface area contributed by atoms with E-state index < -0.39 is 10.1 Å². The minimum Gasteiger partial charge on any atom is -0.872 e. The number of rotatable bonds is 16. The Kier molecular flexibility index (Phi) is 15.9. The van der Waals surface area contributed by atoms with Crippen molar-refractivity contribution < 1.29 is 74.2 Å². The first-order valence-electron chi connectivity index (χ1n) is 12.0. The largest absolute Gasteiger partial charge is 1.00 e. The molecule has 0 radical (unpaired) electrons. The molecule has 2 aromatic carbocycles. The van der Waals surface area contributed by atoms with Crippen molar-refractivity contribution >= 4 is 10.1 Å². The van der Waals surface area contributed by atoms with Crippen LogP contribution < -0.4 is 61.2 Å². The summed E-state index contributed by atoms with van der Waals surface area (Å²) in [6.07, 6.45) is 16.0. The molecular weight excluding hydrogens is 463 g/mol. The molecule has 0 bridgehead atoms. The zero-order valence-electron chi connectivity index (χ0n) is 20.2. The van der Waals surface area contributed by atoms with Gasteiger partial charge >= 0.3 is 51.4 Å². The van der Waals surface area contributed by atoms with Crippen molar-refractivity contribution in [2.75, 3.05) is 0 Å². The molecule has 0 aliphatic rings. The van der Waals surface area contributed by atoms with E-state index in [2.05, 4.69) is 6.92 Å². The van der Waals surface area contributed by atoms with E-state index in [0.29, 0.717) is 11.5 Å². The van der Waals surface area contributed by atoms with Gasteiger partial charge in [0.2, 0.25) is 0 Å². The number of hydrogen-bond acceptors (Lipinski definition) is 4. The van der Waals surface area contributed by atoms with Crippen LogP contribution in [0.5, 0.6) is 17.2 Å². The van der Waals surface area contributed by atoms with Crippen molar-refractivity contribution in [3.8, 4) is 17.2 Å². The SMILES string of the molecule is CCCCCCCCCCCCCCc1ccc(S(=O)(=O)O)cc1Oc1ccc([O-])cc1.[K+]. The molecule has 0 saturated carbocycles. The molecule has 33 heavy (non-hydrogen) atoms. The van der Waals surface area contributed by atoms with Gasteiger partial charge in [-0.05, 0) is 36.6 Å². The van der Waals surface area contributed by atoms with E-state index in [1.54, 1.807) is 18.2 Å². The molecule has 0 fully saturated rings. The van der Waals surface area contributed by atoms with Gasteiger partial charge in [-0.1, -0.05) is 95.8 Å².